The molecule has 0 unspecified atom stereocenters. The summed E-state index contributed by atoms with van der Waals surface area (Å²) >= 11 is 0. The van der Waals surface area contributed by atoms with Crippen LogP contribution in [0.15, 0.2) is 73.1 Å². The molecule has 1 heterocycles. The van der Waals surface area contributed by atoms with Gasteiger partial charge in [-0.25, -0.2) is 9.97 Å². The van der Waals surface area contributed by atoms with E-state index in [1.807, 2.05) is 0 Å². The van der Waals surface area contributed by atoms with Gasteiger partial charge in [0.05, 0.1) is 11.6 Å². The first-order valence-electron chi connectivity index (χ1n) is 10.9. The lowest BCUT2D eigenvalue weighted by atomic mass is 9.98. The second-order valence-corrected chi connectivity index (χ2v) is 8.57. The quantitative estimate of drug-likeness (QED) is 0.374. The Kier molecular flexibility index (Phi) is 6.28. The second kappa shape index (κ2) is 9.27. The lowest BCUT2D eigenvalue weighted by Crippen LogP contribution is -2.26. The molecule has 31 heavy (non-hydrogen) atoms. The highest BCUT2D eigenvalue weighted by Crippen LogP contribution is 2.28. The minimum Gasteiger partial charge on any atom is -0.340 e. The van der Waals surface area contributed by atoms with Crippen LogP contribution in [0.4, 0.5) is 11.5 Å². The van der Waals surface area contributed by atoms with Gasteiger partial charge in [-0.15, -0.1) is 0 Å². The van der Waals surface area contributed by atoms with Crippen LogP contribution in [0.3, 0.4) is 0 Å². The van der Waals surface area contributed by atoms with Crippen LogP contribution < -0.4 is 10.6 Å². The van der Waals surface area contributed by atoms with Crippen molar-refractivity contribution in [2.75, 3.05) is 11.9 Å². The molecule has 0 aliphatic carbocycles. The Morgan fingerprint density at radius 1 is 0.806 bits per heavy atom. The molecule has 0 bridgehead atoms. The monoisotopic (exact) mass is 410 g/mol. The molecule has 1 atom stereocenters. The number of hydrogen-bond donors (Lipinski definition) is 2. The van der Waals surface area contributed by atoms with E-state index >= 15 is 0 Å². The summed E-state index contributed by atoms with van der Waals surface area (Å²) < 4.78 is 0. The SMILES string of the molecule is Cc1cc2ncnc(Nc3ccc([C@@H](NCC(C)C)c4ccccc4)cc3)c2cc1C. The van der Waals surface area contributed by atoms with Crippen LogP contribution in [-0.2, 0) is 0 Å². The highest BCUT2D eigenvalue weighted by Gasteiger charge is 2.14. The first-order chi connectivity index (χ1) is 15.0. The van der Waals surface area contributed by atoms with Crippen molar-refractivity contribution < 1.29 is 0 Å². The van der Waals surface area contributed by atoms with Gasteiger partial charge >= 0.3 is 0 Å². The molecule has 0 saturated carbocycles. The van der Waals surface area contributed by atoms with Crippen LogP contribution in [0.2, 0.25) is 0 Å². The molecule has 158 valence electrons. The Balaban J connectivity index is 1.60. The van der Waals surface area contributed by atoms with Crippen LogP contribution >= 0.6 is 0 Å². The largest absolute Gasteiger partial charge is 0.340 e. The fourth-order valence-electron chi connectivity index (χ4n) is 3.74. The molecule has 2 N–H and O–H groups in total. The van der Waals surface area contributed by atoms with Gasteiger partial charge in [-0.2, -0.15) is 0 Å². The number of aromatic nitrogens is 2. The standard InChI is InChI=1S/C27H30N4/c1-18(2)16-28-26(21-8-6-5-7-9-21)22-10-12-23(13-11-22)31-27-24-14-19(3)20(4)15-25(24)29-17-30-27/h5-15,17-18,26,28H,16H2,1-4H3,(H,29,30,31)/t26-/m0/s1. The van der Waals surface area contributed by atoms with E-state index in [0.717, 1.165) is 29.0 Å². The molecule has 0 aliphatic heterocycles. The van der Waals surface area contributed by atoms with E-state index in [1.165, 1.54) is 22.3 Å². The van der Waals surface area contributed by atoms with Gasteiger partial charge in [-0.3, -0.25) is 0 Å². The molecule has 0 radical (unpaired) electrons. The van der Waals surface area contributed by atoms with Gasteiger partial charge in [0, 0.05) is 11.1 Å². The Morgan fingerprint density at radius 3 is 2.19 bits per heavy atom. The summed E-state index contributed by atoms with van der Waals surface area (Å²) in [7, 11) is 0. The summed E-state index contributed by atoms with van der Waals surface area (Å²) in [5, 5.41) is 8.23. The molecule has 0 aliphatic rings. The number of fused-ring (bicyclic) bond motifs is 1. The van der Waals surface area contributed by atoms with Gasteiger partial charge in [-0.05, 0) is 72.8 Å². The number of rotatable bonds is 7. The van der Waals surface area contributed by atoms with Crippen molar-refractivity contribution in [2.45, 2.75) is 33.7 Å². The minimum atomic E-state index is 0.170. The third kappa shape index (κ3) is 4.92. The van der Waals surface area contributed by atoms with Crippen molar-refractivity contribution in [3.63, 3.8) is 0 Å². The second-order valence-electron chi connectivity index (χ2n) is 8.57. The Morgan fingerprint density at radius 2 is 1.48 bits per heavy atom. The smallest absolute Gasteiger partial charge is 0.141 e. The van der Waals surface area contributed by atoms with Crippen molar-refractivity contribution in [3.8, 4) is 0 Å². The average molecular weight is 411 g/mol. The average Bonchev–Trinajstić information content (AvgIpc) is 2.77. The number of aryl methyl sites for hydroxylation is 2. The van der Waals surface area contributed by atoms with Crippen molar-refractivity contribution in [2.24, 2.45) is 5.92 Å². The van der Waals surface area contributed by atoms with Gasteiger partial charge in [0.2, 0.25) is 0 Å². The van der Waals surface area contributed by atoms with Gasteiger partial charge in [0.15, 0.2) is 0 Å². The molecule has 3 aromatic carbocycles. The maximum Gasteiger partial charge on any atom is 0.141 e. The molecule has 4 heteroatoms. The molecule has 1 aromatic heterocycles. The first kappa shape index (κ1) is 21.0. The van der Waals surface area contributed by atoms with Gasteiger partial charge in [0.25, 0.3) is 0 Å². The number of anilines is 2. The molecule has 4 rings (SSSR count). The lowest BCUT2D eigenvalue weighted by Gasteiger charge is -2.21. The van der Waals surface area contributed by atoms with Crippen LogP contribution in [0.25, 0.3) is 10.9 Å². The Bertz CT molecular complexity index is 1150. The number of benzene rings is 3. The number of nitrogens with one attached hydrogen (secondary N) is 2. The van der Waals surface area contributed by atoms with Crippen LogP contribution in [-0.4, -0.2) is 16.5 Å². The molecule has 0 spiro atoms. The van der Waals surface area contributed by atoms with E-state index in [-0.39, 0.29) is 6.04 Å². The zero-order valence-corrected chi connectivity index (χ0v) is 18.7. The molecule has 4 aromatic rings. The van der Waals surface area contributed by atoms with Crippen molar-refractivity contribution in [3.05, 3.63) is 95.3 Å². The lowest BCUT2D eigenvalue weighted by molar-refractivity contribution is 0.513. The Hall–Kier alpha value is -3.24. The zero-order chi connectivity index (χ0) is 21.8. The maximum absolute atomic E-state index is 4.49. The van der Waals surface area contributed by atoms with E-state index < -0.39 is 0 Å². The summed E-state index contributed by atoms with van der Waals surface area (Å²) in [4.78, 5) is 8.92. The normalized spacial score (nSPS) is 12.3. The predicted octanol–water partition coefficient (Wildman–Crippen LogP) is 6.33. The van der Waals surface area contributed by atoms with Crippen molar-refractivity contribution in [1.29, 1.82) is 0 Å². The van der Waals surface area contributed by atoms with E-state index in [4.69, 9.17) is 0 Å². The summed E-state index contributed by atoms with van der Waals surface area (Å²) in [5.41, 5.74) is 6.97. The summed E-state index contributed by atoms with van der Waals surface area (Å²) in [5.74, 6) is 1.42. The van der Waals surface area contributed by atoms with Crippen molar-refractivity contribution in [1.82, 2.24) is 15.3 Å². The van der Waals surface area contributed by atoms with Gasteiger partial charge in [-0.1, -0.05) is 56.3 Å². The highest BCUT2D eigenvalue weighted by molar-refractivity contribution is 5.91. The summed E-state index contributed by atoms with van der Waals surface area (Å²) in [6.45, 7) is 9.66. The number of hydrogen-bond acceptors (Lipinski definition) is 4. The first-order valence-corrected chi connectivity index (χ1v) is 10.9. The topological polar surface area (TPSA) is 49.8 Å². The van der Waals surface area contributed by atoms with Gasteiger partial charge < -0.3 is 10.6 Å². The highest BCUT2D eigenvalue weighted by atomic mass is 15.0. The molecular weight excluding hydrogens is 380 g/mol. The minimum absolute atomic E-state index is 0.170. The predicted molar refractivity (Wildman–Crippen MR) is 130 cm³/mol. The van der Waals surface area contributed by atoms with Crippen LogP contribution in [0, 0.1) is 19.8 Å². The van der Waals surface area contributed by atoms with Crippen LogP contribution in [0.5, 0.6) is 0 Å². The summed E-state index contributed by atoms with van der Waals surface area (Å²) in [6, 6.07) is 23.7. The van der Waals surface area contributed by atoms with E-state index in [2.05, 4.69) is 115 Å². The molecular formula is C27H30N4. The van der Waals surface area contributed by atoms with Crippen molar-refractivity contribution >= 4 is 22.4 Å². The summed E-state index contributed by atoms with van der Waals surface area (Å²) in [6.07, 6.45) is 1.62. The maximum atomic E-state index is 4.49. The number of nitrogens with zero attached hydrogens (tertiary/aromatic N) is 2. The van der Waals surface area contributed by atoms with E-state index in [0.29, 0.717) is 5.92 Å². The van der Waals surface area contributed by atoms with E-state index in [1.54, 1.807) is 6.33 Å². The zero-order valence-electron chi connectivity index (χ0n) is 18.7. The molecule has 0 saturated heterocycles. The molecule has 0 amide bonds. The third-order valence-electron chi connectivity index (χ3n) is 5.62. The van der Waals surface area contributed by atoms with Gasteiger partial charge in [0.1, 0.15) is 12.1 Å². The van der Waals surface area contributed by atoms with E-state index in [9.17, 15) is 0 Å². The third-order valence-corrected chi connectivity index (χ3v) is 5.62. The fraction of sp³-hybridized carbons (Fsp3) is 0.259. The Labute approximate surface area is 184 Å². The van der Waals surface area contributed by atoms with Crippen LogP contribution in [0.1, 0.15) is 42.1 Å². The fourth-order valence-corrected chi connectivity index (χ4v) is 3.74. The molecule has 4 nitrogen and oxygen atoms in total. The molecule has 0 fully saturated rings.